The van der Waals surface area contributed by atoms with Crippen molar-refractivity contribution in [2.24, 2.45) is 0 Å². The number of benzene rings is 2. The predicted octanol–water partition coefficient (Wildman–Crippen LogP) is 2.42. The third kappa shape index (κ3) is 4.69. The fourth-order valence-electron chi connectivity index (χ4n) is 4.55. The molecule has 2 heterocycles. The average molecular weight is 463 g/mol. The molecule has 1 saturated heterocycles. The van der Waals surface area contributed by atoms with Gasteiger partial charge in [-0.25, -0.2) is 4.98 Å². The number of fused-ring (bicyclic) bond motifs is 1. The second kappa shape index (κ2) is 9.56. The number of hydrogen-bond donors (Lipinski definition) is 2. The van der Waals surface area contributed by atoms with Crippen LogP contribution in [0.5, 0.6) is 5.75 Å². The summed E-state index contributed by atoms with van der Waals surface area (Å²) < 4.78 is 7.43. The maximum Gasteiger partial charge on any atom is 0.265 e. The topological polar surface area (TPSA) is 96.7 Å². The molecule has 0 unspecified atom stereocenters. The van der Waals surface area contributed by atoms with E-state index in [4.69, 9.17) is 4.74 Å². The molecule has 8 nitrogen and oxygen atoms in total. The van der Waals surface area contributed by atoms with Crippen LogP contribution in [0.3, 0.4) is 0 Å². The Hall–Kier alpha value is -3.23. The van der Waals surface area contributed by atoms with Crippen LogP contribution in [0.4, 0.5) is 0 Å². The highest BCUT2D eigenvalue weighted by molar-refractivity contribution is 5.95. The van der Waals surface area contributed by atoms with E-state index in [0.29, 0.717) is 34.5 Å². The quantitative estimate of drug-likeness (QED) is 0.534. The molecule has 0 radical (unpaired) electrons. The van der Waals surface area contributed by atoms with E-state index < -0.39 is 0 Å². The van der Waals surface area contributed by atoms with Crippen molar-refractivity contribution in [3.63, 3.8) is 0 Å². The number of rotatable bonds is 8. The molecule has 8 heteroatoms. The van der Waals surface area contributed by atoms with E-state index in [0.717, 1.165) is 44.3 Å². The molecular weight excluding hydrogens is 432 g/mol. The van der Waals surface area contributed by atoms with Crippen molar-refractivity contribution in [1.82, 2.24) is 19.8 Å². The number of nitrogens with zero attached hydrogens (tertiary/aromatic N) is 3. The van der Waals surface area contributed by atoms with Crippen LogP contribution in [-0.4, -0.2) is 63.9 Å². The van der Waals surface area contributed by atoms with Crippen molar-refractivity contribution in [3.8, 4) is 11.4 Å². The molecule has 1 saturated carbocycles. The number of nitrogens with one attached hydrogen (secondary N) is 1. The summed E-state index contributed by atoms with van der Waals surface area (Å²) in [5.41, 5.74) is 2.42. The lowest BCUT2D eigenvalue weighted by Crippen LogP contribution is -2.35. The minimum absolute atomic E-state index is 0.123. The second-order valence-corrected chi connectivity index (χ2v) is 9.21. The number of aromatic nitrogens is 2. The SMILES string of the molecule is Cc1ccc(C(=O)NC2CC2)cc1-n1cnc2ccc(OCCN3CCC[C@H]3CO)cc2c1=O. The summed E-state index contributed by atoms with van der Waals surface area (Å²) in [5.74, 6) is 0.487. The average Bonchev–Trinajstić information content (AvgIpc) is 3.54. The van der Waals surface area contributed by atoms with E-state index in [1.165, 1.54) is 10.9 Å². The lowest BCUT2D eigenvalue weighted by Gasteiger charge is -2.22. The first-order chi connectivity index (χ1) is 16.5. The molecule has 2 aliphatic rings. The fourth-order valence-corrected chi connectivity index (χ4v) is 4.55. The Morgan fingerprint density at radius 1 is 1.21 bits per heavy atom. The number of aryl methyl sites for hydroxylation is 1. The van der Waals surface area contributed by atoms with Crippen LogP contribution in [0.2, 0.25) is 0 Å². The van der Waals surface area contributed by atoms with Gasteiger partial charge in [-0.1, -0.05) is 6.07 Å². The number of aliphatic hydroxyl groups is 1. The van der Waals surface area contributed by atoms with Crippen molar-refractivity contribution in [1.29, 1.82) is 0 Å². The third-order valence-electron chi connectivity index (χ3n) is 6.73. The first-order valence-corrected chi connectivity index (χ1v) is 11.9. The van der Waals surface area contributed by atoms with E-state index in [1.54, 1.807) is 24.3 Å². The van der Waals surface area contributed by atoms with Crippen LogP contribution in [0.25, 0.3) is 16.6 Å². The highest BCUT2D eigenvalue weighted by Crippen LogP contribution is 2.22. The molecule has 0 bridgehead atoms. The number of carbonyl (C=O) groups excluding carboxylic acids is 1. The molecule has 34 heavy (non-hydrogen) atoms. The lowest BCUT2D eigenvalue weighted by molar-refractivity contribution is 0.0951. The van der Waals surface area contributed by atoms with Crippen molar-refractivity contribution in [3.05, 3.63) is 64.2 Å². The molecule has 2 aromatic carbocycles. The first kappa shape index (κ1) is 22.6. The Morgan fingerprint density at radius 3 is 2.85 bits per heavy atom. The standard InChI is InChI=1S/C26H30N4O4/c1-17-4-5-18(25(32)28-19-6-7-19)13-24(17)30-16-27-23-9-8-21(14-22(23)26(30)33)34-12-11-29-10-2-3-20(29)15-31/h4-5,8-9,13-14,16,19-20,31H,2-3,6-7,10-12,15H2,1H3,(H,28,32)/t20-/m0/s1. The van der Waals surface area contributed by atoms with Gasteiger partial charge in [0.25, 0.3) is 11.5 Å². The Kier molecular flexibility index (Phi) is 6.34. The van der Waals surface area contributed by atoms with Crippen LogP contribution >= 0.6 is 0 Å². The molecule has 1 aromatic heterocycles. The van der Waals surface area contributed by atoms with Gasteiger partial charge >= 0.3 is 0 Å². The van der Waals surface area contributed by atoms with Crippen LogP contribution < -0.4 is 15.6 Å². The van der Waals surface area contributed by atoms with E-state index >= 15 is 0 Å². The molecule has 2 fully saturated rings. The molecule has 1 amide bonds. The third-order valence-corrected chi connectivity index (χ3v) is 6.73. The van der Waals surface area contributed by atoms with Gasteiger partial charge < -0.3 is 15.2 Å². The van der Waals surface area contributed by atoms with Gasteiger partial charge in [0, 0.05) is 24.2 Å². The van der Waals surface area contributed by atoms with Gasteiger partial charge in [-0.15, -0.1) is 0 Å². The zero-order chi connectivity index (χ0) is 23.7. The van der Waals surface area contributed by atoms with E-state index in [2.05, 4.69) is 15.2 Å². The zero-order valence-electron chi connectivity index (χ0n) is 19.4. The summed E-state index contributed by atoms with van der Waals surface area (Å²) in [4.78, 5) is 32.6. The molecule has 1 aliphatic carbocycles. The van der Waals surface area contributed by atoms with Crippen molar-refractivity contribution in [2.75, 3.05) is 26.3 Å². The van der Waals surface area contributed by atoms with Gasteiger partial charge in [0.05, 0.1) is 23.2 Å². The summed E-state index contributed by atoms with van der Waals surface area (Å²) in [7, 11) is 0. The van der Waals surface area contributed by atoms with Gasteiger partial charge in [-0.2, -0.15) is 0 Å². The van der Waals surface area contributed by atoms with Crippen molar-refractivity contribution >= 4 is 16.8 Å². The summed E-state index contributed by atoms with van der Waals surface area (Å²) in [5, 5.41) is 12.9. The monoisotopic (exact) mass is 462 g/mol. The molecule has 5 rings (SSSR count). The minimum atomic E-state index is -0.210. The minimum Gasteiger partial charge on any atom is -0.492 e. The van der Waals surface area contributed by atoms with Gasteiger partial charge in [0.2, 0.25) is 0 Å². The summed E-state index contributed by atoms with van der Waals surface area (Å²) in [6, 6.07) is 11.2. The van der Waals surface area contributed by atoms with Crippen molar-refractivity contribution < 1.29 is 14.6 Å². The number of aliphatic hydroxyl groups excluding tert-OH is 1. The number of ether oxygens (including phenoxy) is 1. The Balaban J connectivity index is 1.38. The van der Waals surface area contributed by atoms with E-state index in [1.807, 2.05) is 19.1 Å². The van der Waals surface area contributed by atoms with Gasteiger partial charge in [-0.05, 0) is 75.0 Å². The summed E-state index contributed by atoms with van der Waals surface area (Å²) >= 11 is 0. The number of amides is 1. The van der Waals surface area contributed by atoms with Crippen LogP contribution in [0.1, 0.15) is 41.6 Å². The van der Waals surface area contributed by atoms with Crippen LogP contribution in [-0.2, 0) is 0 Å². The molecule has 178 valence electrons. The summed E-state index contributed by atoms with van der Waals surface area (Å²) in [6.45, 7) is 4.26. The maximum absolute atomic E-state index is 13.4. The number of carbonyl (C=O) groups is 1. The summed E-state index contributed by atoms with van der Waals surface area (Å²) in [6.07, 6.45) is 5.65. The molecule has 2 N–H and O–H groups in total. The highest BCUT2D eigenvalue weighted by atomic mass is 16.5. The number of likely N-dealkylation sites (tertiary alicyclic amines) is 1. The normalized spacial score (nSPS) is 18.4. The van der Waals surface area contributed by atoms with E-state index in [-0.39, 0.29) is 30.2 Å². The van der Waals surface area contributed by atoms with Crippen LogP contribution in [0.15, 0.2) is 47.5 Å². The molecule has 0 spiro atoms. The Labute approximate surface area is 198 Å². The Bertz CT molecular complexity index is 1270. The first-order valence-electron chi connectivity index (χ1n) is 11.9. The smallest absolute Gasteiger partial charge is 0.265 e. The Morgan fingerprint density at radius 2 is 2.06 bits per heavy atom. The van der Waals surface area contributed by atoms with E-state index in [9.17, 15) is 14.7 Å². The number of hydrogen-bond acceptors (Lipinski definition) is 6. The zero-order valence-corrected chi connectivity index (χ0v) is 19.4. The maximum atomic E-state index is 13.4. The lowest BCUT2D eigenvalue weighted by atomic mass is 10.1. The molecular formula is C26H30N4O4. The van der Waals surface area contributed by atoms with Gasteiger partial charge in [0.15, 0.2) is 0 Å². The molecule has 1 aliphatic heterocycles. The van der Waals surface area contributed by atoms with Crippen molar-refractivity contribution in [2.45, 2.75) is 44.7 Å². The molecule has 3 aromatic rings. The fraction of sp³-hybridized carbons (Fsp3) is 0.423. The van der Waals surface area contributed by atoms with Gasteiger partial charge in [-0.3, -0.25) is 19.1 Å². The highest BCUT2D eigenvalue weighted by Gasteiger charge is 2.24. The second-order valence-electron chi connectivity index (χ2n) is 9.21. The largest absolute Gasteiger partial charge is 0.492 e. The van der Waals surface area contributed by atoms with Gasteiger partial charge in [0.1, 0.15) is 18.7 Å². The van der Waals surface area contributed by atoms with Crippen LogP contribution in [0, 0.1) is 6.92 Å². The molecule has 1 atom stereocenters. The predicted molar refractivity (Wildman–Crippen MR) is 130 cm³/mol.